The summed E-state index contributed by atoms with van der Waals surface area (Å²) in [6.07, 6.45) is 2.56. The zero-order valence-corrected chi connectivity index (χ0v) is 13.8. The van der Waals surface area contributed by atoms with Gasteiger partial charge in [-0.1, -0.05) is 63.4 Å². The highest BCUT2D eigenvalue weighted by Gasteiger charge is 2.10. The Balaban J connectivity index is 2.49. The second kappa shape index (κ2) is 8.28. The molecule has 1 aromatic rings. The highest BCUT2D eigenvalue weighted by Crippen LogP contribution is 2.18. The first kappa shape index (κ1) is 15.2. The first-order valence-corrected chi connectivity index (χ1v) is 8.06. The van der Waals surface area contributed by atoms with Crippen molar-refractivity contribution in [2.24, 2.45) is 5.92 Å². The molecular weight excluding hydrogens is 342 g/mol. The van der Waals surface area contributed by atoms with Gasteiger partial charge in [0.25, 0.3) is 0 Å². The molecule has 0 aliphatic heterocycles. The number of nitrogens with zero attached hydrogens (tertiary/aromatic N) is 1. The van der Waals surface area contributed by atoms with E-state index in [2.05, 4.69) is 75.0 Å². The van der Waals surface area contributed by atoms with Crippen molar-refractivity contribution in [3.63, 3.8) is 0 Å². The van der Waals surface area contributed by atoms with Crippen molar-refractivity contribution in [2.45, 2.75) is 26.3 Å². The molecule has 0 bridgehead atoms. The van der Waals surface area contributed by atoms with Crippen LogP contribution in [-0.2, 0) is 6.54 Å². The average molecular weight is 363 g/mol. The molecule has 1 atom stereocenters. The number of alkyl halides is 1. The Morgan fingerprint density at radius 1 is 1.29 bits per heavy atom. The van der Waals surface area contributed by atoms with Gasteiger partial charge in [0.15, 0.2) is 0 Å². The van der Waals surface area contributed by atoms with Gasteiger partial charge in [0.05, 0.1) is 0 Å². The normalized spacial score (nSPS) is 13.0. The van der Waals surface area contributed by atoms with Crippen LogP contribution >= 0.6 is 31.9 Å². The van der Waals surface area contributed by atoms with Crippen molar-refractivity contribution in [1.82, 2.24) is 4.90 Å². The van der Waals surface area contributed by atoms with E-state index in [-0.39, 0.29) is 0 Å². The molecule has 0 amide bonds. The van der Waals surface area contributed by atoms with E-state index in [1.165, 1.54) is 22.9 Å². The van der Waals surface area contributed by atoms with Crippen LogP contribution in [0.5, 0.6) is 0 Å². The number of benzene rings is 1. The third-order valence-corrected chi connectivity index (χ3v) is 4.57. The van der Waals surface area contributed by atoms with Crippen LogP contribution < -0.4 is 0 Å². The van der Waals surface area contributed by atoms with E-state index in [4.69, 9.17) is 0 Å². The predicted molar refractivity (Wildman–Crippen MR) is 82.7 cm³/mol. The fraction of sp³-hybridized carbons (Fsp3) is 0.571. The van der Waals surface area contributed by atoms with Crippen LogP contribution in [0.2, 0.25) is 0 Å². The van der Waals surface area contributed by atoms with Crippen molar-refractivity contribution in [2.75, 3.05) is 18.9 Å². The van der Waals surface area contributed by atoms with Gasteiger partial charge in [0.2, 0.25) is 0 Å². The summed E-state index contributed by atoms with van der Waals surface area (Å²) < 4.78 is 1.21. The molecule has 1 aromatic carbocycles. The van der Waals surface area contributed by atoms with E-state index in [0.29, 0.717) is 0 Å². The van der Waals surface area contributed by atoms with E-state index in [0.717, 1.165) is 24.3 Å². The molecule has 1 unspecified atom stereocenters. The minimum Gasteiger partial charge on any atom is -0.302 e. The Morgan fingerprint density at radius 3 is 2.59 bits per heavy atom. The number of hydrogen-bond acceptors (Lipinski definition) is 1. The Morgan fingerprint density at radius 2 is 2.00 bits per heavy atom. The Labute approximate surface area is 122 Å². The van der Waals surface area contributed by atoms with Crippen molar-refractivity contribution in [3.05, 3.63) is 34.3 Å². The van der Waals surface area contributed by atoms with E-state index in [1.807, 2.05) is 0 Å². The van der Waals surface area contributed by atoms with Gasteiger partial charge in [0.1, 0.15) is 0 Å². The fourth-order valence-electron chi connectivity index (χ4n) is 2.05. The second-order valence-electron chi connectivity index (χ2n) is 4.60. The summed E-state index contributed by atoms with van der Waals surface area (Å²) >= 11 is 7.21. The van der Waals surface area contributed by atoms with E-state index in [1.54, 1.807) is 0 Å². The Hall–Kier alpha value is 0.140. The number of rotatable bonds is 7. The maximum absolute atomic E-state index is 3.61. The second-order valence-corrected chi connectivity index (χ2v) is 6.10. The maximum Gasteiger partial charge on any atom is 0.0242 e. The molecule has 0 N–H and O–H groups in total. The fourth-order valence-corrected chi connectivity index (χ4v) is 2.99. The smallest absolute Gasteiger partial charge is 0.0242 e. The minimum absolute atomic E-state index is 0.757. The molecule has 1 nitrogen and oxygen atoms in total. The topological polar surface area (TPSA) is 3.24 Å². The van der Waals surface area contributed by atoms with Crippen LogP contribution in [0, 0.1) is 5.92 Å². The van der Waals surface area contributed by atoms with Crippen LogP contribution in [0.15, 0.2) is 28.7 Å². The molecule has 0 aromatic heterocycles. The summed E-state index contributed by atoms with van der Waals surface area (Å²) in [5.41, 5.74) is 1.36. The molecule has 17 heavy (non-hydrogen) atoms. The lowest BCUT2D eigenvalue weighted by atomic mass is 10.1. The molecule has 0 radical (unpaired) electrons. The lowest BCUT2D eigenvalue weighted by Crippen LogP contribution is -2.26. The lowest BCUT2D eigenvalue weighted by molar-refractivity contribution is 0.273. The van der Waals surface area contributed by atoms with Gasteiger partial charge < -0.3 is 4.90 Å². The van der Waals surface area contributed by atoms with Crippen molar-refractivity contribution < 1.29 is 0 Å². The van der Waals surface area contributed by atoms with Crippen LogP contribution in [0.25, 0.3) is 0 Å². The monoisotopic (exact) mass is 361 g/mol. The highest BCUT2D eigenvalue weighted by molar-refractivity contribution is 9.10. The summed E-state index contributed by atoms with van der Waals surface area (Å²) in [6, 6.07) is 8.45. The molecule has 0 saturated heterocycles. The van der Waals surface area contributed by atoms with Gasteiger partial charge >= 0.3 is 0 Å². The largest absolute Gasteiger partial charge is 0.302 e. The molecule has 1 rings (SSSR count). The standard InChI is InChI=1S/C14H21Br2N/c1-3-6-12(9-15)10-17(2)11-13-7-4-5-8-14(13)16/h4-5,7-8,12H,3,6,9-11H2,1-2H3. The third-order valence-electron chi connectivity index (χ3n) is 2.88. The first-order valence-electron chi connectivity index (χ1n) is 6.15. The van der Waals surface area contributed by atoms with Gasteiger partial charge in [0, 0.05) is 22.9 Å². The van der Waals surface area contributed by atoms with Crippen LogP contribution in [0.1, 0.15) is 25.3 Å². The van der Waals surface area contributed by atoms with E-state index < -0.39 is 0 Å². The van der Waals surface area contributed by atoms with E-state index in [9.17, 15) is 0 Å². The number of halogens is 2. The van der Waals surface area contributed by atoms with Crippen molar-refractivity contribution in [1.29, 1.82) is 0 Å². The maximum atomic E-state index is 3.61. The molecule has 0 aliphatic carbocycles. The van der Waals surface area contributed by atoms with E-state index >= 15 is 0 Å². The molecule has 3 heteroatoms. The number of hydrogen-bond donors (Lipinski definition) is 0. The molecule has 0 heterocycles. The van der Waals surface area contributed by atoms with Gasteiger partial charge in [-0.15, -0.1) is 0 Å². The first-order chi connectivity index (χ1) is 8.17. The van der Waals surface area contributed by atoms with Crippen molar-refractivity contribution in [3.8, 4) is 0 Å². The average Bonchev–Trinajstić information content (AvgIpc) is 2.31. The third kappa shape index (κ3) is 5.54. The molecule has 0 aliphatic rings. The van der Waals surface area contributed by atoms with Gasteiger partial charge in [-0.2, -0.15) is 0 Å². The van der Waals surface area contributed by atoms with Crippen LogP contribution in [-0.4, -0.2) is 23.8 Å². The molecule has 0 fully saturated rings. The zero-order valence-electron chi connectivity index (χ0n) is 10.6. The van der Waals surface area contributed by atoms with Gasteiger partial charge in [-0.25, -0.2) is 0 Å². The predicted octanol–water partition coefficient (Wildman–Crippen LogP) is 4.69. The van der Waals surface area contributed by atoms with Gasteiger partial charge in [-0.05, 0) is 31.0 Å². The summed E-state index contributed by atoms with van der Waals surface area (Å²) in [5.74, 6) is 0.757. The Kier molecular flexibility index (Phi) is 7.40. The quantitative estimate of drug-likeness (QED) is 0.636. The minimum atomic E-state index is 0.757. The van der Waals surface area contributed by atoms with Crippen LogP contribution in [0.4, 0.5) is 0 Å². The molecule has 96 valence electrons. The molecule has 0 spiro atoms. The summed E-state index contributed by atoms with van der Waals surface area (Å²) in [4.78, 5) is 2.40. The summed E-state index contributed by atoms with van der Waals surface area (Å²) in [5, 5.41) is 1.10. The highest BCUT2D eigenvalue weighted by atomic mass is 79.9. The SMILES string of the molecule is CCCC(CBr)CN(C)Cc1ccccc1Br. The molecular formula is C14H21Br2N. The Bertz CT molecular complexity index is 328. The van der Waals surface area contributed by atoms with Gasteiger partial charge in [-0.3, -0.25) is 0 Å². The summed E-state index contributed by atoms with van der Waals surface area (Å²) in [6.45, 7) is 4.42. The summed E-state index contributed by atoms with van der Waals surface area (Å²) in [7, 11) is 2.20. The van der Waals surface area contributed by atoms with Crippen LogP contribution in [0.3, 0.4) is 0 Å². The molecule has 0 saturated carbocycles. The lowest BCUT2D eigenvalue weighted by Gasteiger charge is -2.22. The van der Waals surface area contributed by atoms with Crippen molar-refractivity contribution >= 4 is 31.9 Å². The zero-order chi connectivity index (χ0) is 12.7.